The molecule has 2 amide bonds. The molecule has 2 rings (SSSR count). The normalized spacial score (nSPS) is 11.6. The summed E-state index contributed by atoms with van der Waals surface area (Å²) in [6.07, 6.45) is 4.78. The minimum Gasteiger partial charge on any atom is -0.497 e. The quantitative estimate of drug-likeness (QED) is 0.473. The van der Waals surface area contributed by atoms with Gasteiger partial charge in [0.25, 0.3) is 0 Å². The highest BCUT2D eigenvalue weighted by atomic mass is 16.5. The zero-order chi connectivity index (χ0) is 22.5. The number of hydrogen-bond donors (Lipinski definition) is 1. The Hall–Kier alpha value is -2.82. The Morgan fingerprint density at radius 3 is 2.26 bits per heavy atom. The van der Waals surface area contributed by atoms with Crippen molar-refractivity contribution in [2.24, 2.45) is 0 Å². The fourth-order valence-corrected chi connectivity index (χ4v) is 3.54. The van der Waals surface area contributed by atoms with Gasteiger partial charge in [-0.1, -0.05) is 69.2 Å². The van der Waals surface area contributed by atoms with Crippen LogP contribution in [-0.2, 0) is 22.6 Å². The molecule has 0 heterocycles. The van der Waals surface area contributed by atoms with Crippen LogP contribution in [0.3, 0.4) is 0 Å². The van der Waals surface area contributed by atoms with Gasteiger partial charge >= 0.3 is 0 Å². The molecule has 2 aromatic carbocycles. The molecule has 0 saturated heterocycles. The zero-order valence-electron chi connectivity index (χ0n) is 19.1. The van der Waals surface area contributed by atoms with Crippen molar-refractivity contribution in [3.8, 4) is 5.75 Å². The summed E-state index contributed by atoms with van der Waals surface area (Å²) >= 11 is 0. The van der Waals surface area contributed by atoms with Crippen LogP contribution >= 0.6 is 0 Å². The van der Waals surface area contributed by atoms with Crippen molar-refractivity contribution in [1.82, 2.24) is 10.2 Å². The first-order valence-corrected chi connectivity index (χ1v) is 11.3. The lowest BCUT2D eigenvalue weighted by Gasteiger charge is -2.31. The van der Waals surface area contributed by atoms with Crippen LogP contribution in [0.5, 0.6) is 5.75 Å². The molecule has 0 radical (unpaired) electrons. The second-order valence-corrected chi connectivity index (χ2v) is 7.82. The highest BCUT2D eigenvalue weighted by Crippen LogP contribution is 2.18. The summed E-state index contributed by atoms with van der Waals surface area (Å²) < 4.78 is 5.24. The van der Waals surface area contributed by atoms with E-state index in [4.69, 9.17) is 4.74 Å². The largest absolute Gasteiger partial charge is 0.497 e. The molecule has 0 spiro atoms. The summed E-state index contributed by atoms with van der Waals surface area (Å²) in [7, 11) is 1.63. The lowest BCUT2D eigenvalue weighted by molar-refractivity contribution is -0.141. The number of carbonyl (C=O) groups is 2. The van der Waals surface area contributed by atoms with Crippen LogP contribution in [-0.4, -0.2) is 36.4 Å². The molecule has 0 aromatic heterocycles. The third kappa shape index (κ3) is 8.08. The molecular weight excluding hydrogens is 388 g/mol. The van der Waals surface area contributed by atoms with E-state index in [9.17, 15) is 9.59 Å². The molecule has 0 saturated carbocycles. The molecule has 1 N–H and O–H groups in total. The molecule has 5 nitrogen and oxygen atoms in total. The Labute approximate surface area is 186 Å². The highest BCUT2D eigenvalue weighted by molar-refractivity contribution is 5.88. The third-order valence-corrected chi connectivity index (χ3v) is 5.33. The number of benzene rings is 2. The topological polar surface area (TPSA) is 58.6 Å². The van der Waals surface area contributed by atoms with Crippen LogP contribution in [0.15, 0.2) is 54.6 Å². The number of nitrogens with zero attached hydrogens (tertiary/aromatic N) is 1. The lowest BCUT2D eigenvalue weighted by Crippen LogP contribution is -2.50. The van der Waals surface area contributed by atoms with Crippen LogP contribution in [0.25, 0.3) is 0 Å². The molecule has 0 bridgehead atoms. The SMILES string of the molecule is CCCCCNC(=O)[C@@H](Cc1ccccc1)N(Cc1ccc(OC)cc1)C(=O)CCC. The van der Waals surface area contributed by atoms with Gasteiger partial charge in [0.2, 0.25) is 11.8 Å². The van der Waals surface area contributed by atoms with Crippen molar-refractivity contribution in [1.29, 1.82) is 0 Å². The average Bonchev–Trinajstić information content (AvgIpc) is 2.80. The van der Waals surface area contributed by atoms with E-state index >= 15 is 0 Å². The molecule has 0 aliphatic heterocycles. The minimum absolute atomic E-state index is 0.00274. The first-order chi connectivity index (χ1) is 15.1. The Kier molecular flexibility index (Phi) is 10.6. The number of amides is 2. The first-order valence-electron chi connectivity index (χ1n) is 11.3. The van der Waals surface area contributed by atoms with Crippen molar-refractivity contribution < 1.29 is 14.3 Å². The summed E-state index contributed by atoms with van der Waals surface area (Å²) in [6, 6.07) is 17.0. The van der Waals surface area contributed by atoms with Gasteiger partial charge in [-0.25, -0.2) is 0 Å². The first kappa shape index (κ1) is 24.4. The van der Waals surface area contributed by atoms with E-state index in [-0.39, 0.29) is 11.8 Å². The van der Waals surface area contributed by atoms with Gasteiger partial charge in [0, 0.05) is 25.9 Å². The number of carbonyl (C=O) groups excluding carboxylic acids is 2. The van der Waals surface area contributed by atoms with E-state index in [1.807, 2.05) is 61.5 Å². The van der Waals surface area contributed by atoms with Gasteiger partial charge < -0.3 is 15.0 Å². The molecule has 168 valence electrons. The van der Waals surface area contributed by atoms with Crippen molar-refractivity contribution in [2.45, 2.75) is 65.0 Å². The van der Waals surface area contributed by atoms with E-state index in [1.54, 1.807) is 12.0 Å². The fourth-order valence-electron chi connectivity index (χ4n) is 3.54. The van der Waals surface area contributed by atoms with Gasteiger partial charge in [0.05, 0.1) is 7.11 Å². The fraction of sp³-hybridized carbons (Fsp3) is 0.462. The molecule has 5 heteroatoms. The predicted molar refractivity (Wildman–Crippen MR) is 125 cm³/mol. The maximum Gasteiger partial charge on any atom is 0.243 e. The van der Waals surface area contributed by atoms with Crippen molar-refractivity contribution in [2.75, 3.05) is 13.7 Å². The summed E-state index contributed by atoms with van der Waals surface area (Å²) in [6.45, 7) is 5.15. The number of hydrogen-bond acceptors (Lipinski definition) is 3. The average molecular weight is 425 g/mol. The third-order valence-electron chi connectivity index (χ3n) is 5.33. The van der Waals surface area contributed by atoms with Crippen LogP contribution in [0.1, 0.15) is 57.1 Å². The summed E-state index contributed by atoms with van der Waals surface area (Å²) in [4.78, 5) is 28.1. The van der Waals surface area contributed by atoms with Crippen molar-refractivity contribution in [3.63, 3.8) is 0 Å². The van der Waals surface area contributed by atoms with Crippen LogP contribution in [0.4, 0.5) is 0 Å². The second-order valence-electron chi connectivity index (χ2n) is 7.82. The molecule has 0 aliphatic rings. The number of ether oxygens (including phenoxy) is 1. The molecule has 31 heavy (non-hydrogen) atoms. The predicted octanol–water partition coefficient (Wildman–Crippen LogP) is 4.74. The maximum atomic E-state index is 13.2. The van der Waals surface area contributed by atoms with Gasteiger partial charge in [-0.15, -0.1) is 0 Å². The zero-order valence-corrected chi connectivity index (χ0v) is 19.1. The number of unbranched alkanes of at least 4 members (excludes halogenated alkanes) is 2. The molecule has 1 atom stereocenters. The molecular formula is C26H36N2O3. The van der Waals surface area contributed by atoms with Gasteiger partial charge in [0.15, 0.2) is 0 Å². The summed E-state index contributed by atoms with van der Waals surface area (Å²) in [5.41, 5.74) is 2.02. The van der Waals surface area contributed by atoms with Gasteiger partial charge in [0.1, 0.15) is 11.8 Å². The molecule has 2 aromatic rings. The standard InChI is InChI=1S/C26H36N2O3/c1-4-6-10-18-27-26(30)24(19-21-12-8-7-9-13-21)28(25(29)11-5-2)20-22-14-16-23(31-3)17-15-22/h7-9,12-17,24H,4-6,10-11,18-20H2,1-3H3,(H,27,30)/t24-/m1/s1. The number of nitrogens with one attached hydrogen (secondary N) is 1. The maximum absolute atomic E-state index is 13.2. The Morgan fingerprint density at radius 1 is 0.935 bits per heavy atom. The van der Waals surface area contributed by atoms with Crippen LogP contribution in [0.2, 0.25) is 0 Å². The second kappa shape index (κ2) is 13.5. The van der Waals surface area contributed by atoms with Crippen molar-refractivity contribution in [3.05, 3.63) is 65.7 Å². The highest BCUT2D eigenvalue weighted by Gasteiger charge is 2.29. The molecule has 0 fully saturated rings. The van der Waals surface area contributed by atoms with E-state index in [1.165, 1.54) is 0 Å². The van der Waals surface area contributed by atoms with E-state index in [0.717, 1.165) is 42.6 Å². The Balaban J connectivity index is 2.28. The van der Waals surface area contributed by atoms with Crippen molar-refractivity contribution >= 4 is 11.8 Å². The van der Waals surface area contributed by atoms with Gasteiger partial charge in [-0.2, -0.15) is 0 Å². The number of rotatable bonds is 13. The van der Waals surface area contributed by atoms with E-state index in [0.29, 0.717) is 25.9 Å². The van der Waals surface area contributed by atoms with Gasteiger partial charge in [-0.05, 0) is 36.1 Å². The number of methoxy groups -OCH3 is 1. The van der Waals surface area contributed by atoms with Crippen LogP contribution in [0, 0.1) is 0 Å². The lowest BCUT2D eigenvalue weighted by atomic mass is 10.0. The van der Waals surface area contributed by atoms with E-state index < -0.39 is 6.04 Å². The van der Waals surface area contributed by atoms with E-state index in [2.05, 4.69) is 12.2 Å². The Bertz CT molecular complexity index is 790. The Morgan fingerprint density at radius 2 is 1.65 bits per heavy atom. The molecule has 0 aliphatic carbocycles. The smallest absolute Gasteiger partial charge is 0.243 e. The summed E-state index contributed by atoms with van der Waals surface area (Å²) in [5.74, 6) is 0.686. The van der Waals surface area contributed by atoms with Gasteiger partial charge in [-0.3, -0.25) is 9.59 Å². The summed E-state index contributed by atoms with van der Waals surface area (Å²) in [5, 5.41) is 3.07. The minimum atomic E-state index is -0.551. The molecule has 0 unspecified atom stereocenters. The van der Waals surface area contributed by atoms with Crippen LogP contribution < -0.4 is 10.1 Å². The monoisotopic (exact) mass is 424 g/mol.